The second kappa shape index (κ2) is 9.97. The molecule has 9 heteroatoms. The molecule has 2 aromatic rings. The summed E-state index contributed by atoms with van der Waals surface area (Å²) in [5, 5.41) is 0.585. The van der Waals surface area contributed by atoms with Gasteiger partial charge >= 0.3 is 0 Å². The van der Waals surface area contributed by atoms with Gasteiger partial charge in [0.05, 0.1) is 37.5 Å². The van der Waals surface area contributed by atoms with Gasteiger partial charge < -0.3 is 23.7 Å². The minimum Gasteiger partial charge on any atom is -0.497 e. The van der Waals surface area contributed by atoms with Crippen molar-refractivity contribution in [1.82, 2.24) is 4.90 Å². The predicted octanol–water partition coefficient (Wildman–Crippen LogP) is 4.07. The summed E-state index contributed by atoms with van der Waals surface area (Å²) in [5.41, 5.74) is 1.46. The number of aliphatic imine (C=N–C) groups is 1. The van der Waals surface area contributed by atoms with Crippen LogP contribution in [0.3, 0.4) is 0 Å². The fourth-order valence-corrected chi connectivity index (χ4v) is 4.23. The number of hydrogen-bond acceptors (Lipinski definition) is 8. The first-order chi connectivity index (χ1) is 15.6. The quantitative estimate of drug-likeness (QED) is 0.554. The minimum atomic E-state index is -0.139. The van der Waals surface area contributed by atoms with Crippen LogP contribution < -0.4 is 18.9 Å². The maximum atomic E-state index is 13.2. The monoisotopic (exact) mass is 456 g/mol. The van der Waals surface area contributed by atoms with Crippen molar-refractivity contribution in [3.05, 3.63) is 46.9 Å². The Morgan fingerprint density at radius 3 is 2.59 bits per heavy atom. The van der Waals surface area contributed by atoms with Crippen molar-refractivity contribution >= 4 is 34.6 Å². The highest BCUT2D eigenvalue weighted by atomic mass is 32.2. The van der Waals surface area contributed by atoms with Gasteiger partial charge in [-0.2, -0.15) is 0 Å². The smallest absolute Gasteiger partial charge is 0.266 e. The lowest BCUT2D eigenvalue weighted by atomic mass is 10.1. The van der Waals surface area contributed by atoms with Crippen LogP contribution in [0.25, 0.3) is 6.08 Å². The number of hydrogen-bond donors (Lipinski definition) is 0. The van der Waals surface area contributed by atoms with E-state index in [9.17, 15) is 4.79 Å². The van der Waals surface area contributed by atoms with E-state index in [2.05, 4.69) is 4.99 Å². The third kappa shape index (κ3) is 4.68. The van der Waals surface area contributed by atoms with Gasteiger partial charge in [0, 0.05) is 18.7 Å². The van der Waals surface area contributed by atoms with Crippen molar-refractivity contribution in [2.45, 2.75) is 6.92 Å². The maximum Gasteiger partial charge on any atom is 0.266 e. The maximum absolute atomic E-state index is 13.2. The van der Waals surface area contributed by atoms with Crippen LogP contribution in [0, 0.1) is 0 Å². The predicted molar refractivity (Wildman–Crippen MR) is 123 cm³/mol. The zero-order chi connectivity index (χ0) is 22.5. The SMILES string of the molecule is CCOc1cc2c(cc1C=C1SC(=Nc3ccc(OC)cc3)N(CCOC)C1=O)OCO2. The summed E-state index contributed by atoms with van der Waals surface area (Å²) in [7, 11) is 3.22. The number of carbonyl (C=O) groups is 1. The summed E-state index contributed by atoms with van der Waals surface area (Å²) in [6.07, 6.45) is 1.80. The summed E-state index contributed by atoms with van der Waals surface area (Å²) in [5.74, 6) is 2.48. The Labute approximate surface area is 190 Å². The van der Waals surface area contributed by atoms with E-state index in [4.69, 9.17) is 23.7 Å². The van der Waals surface area contributed by atoms with Gasteiger partial charge in [-0.05, 0) is 55.1 Å². The van der Waals surface area contributed by atoms with Crippen LogP contribution in [-0.2, 0) is 9.53 Å². The van der Waals surface area contributed by atoms with Crippen LogP contribution in [0.1, 0.15) is 12.5 Å². The van der Waals surface area contributed by atoms with Crippen LogP contribution in [0.15, 0.2) is 46.3 Å². The molecule has 0 spiro atoms. The topological polar surface area (TPSA) is 78.8 Å². The van der Waals surface area contributed by atoms with Crippen molar-refractivity contribution in [2.24, 2.45) is 4.99 Å². The average Bonchev–Trinajstić information content (AvgIpc) is 3.37. The molecule has 0 bridgehead atoms. The Morgan fingerprint density at radius 1 is 1.16 bits per heavy atom. The molecule has 0 unspecified atom stereocenters. The normalized spacial score (nSPS) is 17.5. The molecule has 2 aliphatic heterocycles. The largest absolute Gasteiger partial charge is 0.497 e. The number of amidine groups is 1. The molecule has 0 radical (unpaired) electrons. The van der Waals surface area contributed by atoms with Gasteiger partial charge in [-0.3, -0.25) is 9.69 Å². The summed E-state index contributed by atoms with van der Waals surface area (Å²) in [6, 6.07) is 11.0. The van der Waals surface area contributed by atoms with Crippen LogP contribution >= 0.6 is 11.8 Å². The molecule has 8 nitrogen and oxygen atoms in total. The highest BCUT2D eigenvalue weighted by Crippen LogP contribution is 2.41. The van der Waals surface area contributed by atoms with Crippen molar-refractivity contribution in [3.63, 3.8) is 0 Å². The van der Waals surface area contributed by atoms with Gasteiger partial charge in [0.1, 0.15) is 11.5 Å². The molecule has 2 aromatic carbocycles. The van der Waals surface area contributed by atoms with Gasteiger partial charge in [0.25, 0.3) is 5.91 Å². The molecule has 4 rings (SSSR count). The molecule has 1 fully saturated rings. The fraction of sp³-hybridized carbons (Fsp3) is 0.304. The second-order valence-electron chi connectivity index (χ2n) is 6.83. The van der Waals surface area contributed by atoms with E-state index in [0.29, 0.717) is 47.1 Å². The van der Waals surface area contributed by atoms with Crippen molar-refractivity contribution in [2.75, 3.05) is 40.8 Å². The van der Waals surface area contributed by atoms with E-state index in [1.807, 2.05) is 37.3 Å². The van der Waals surface area contributed by atoms with Crippen LogP contribution in [0.2, 0.25) is 0 Å². The van der Waals surface area contributed by atoms with Gasteiger partial charge in [-0.1, -0.05) is 0 Å². The number of rotatable bonds is 8. The molecule has 0 saturated carbocycles. The first-order valence-corrected chi connectivity index (χ1v) is 10.9. The molecule has 0 atom stereocenters. The van der Waals surface area contributed by atoms with Crippen LogP contribution in [0.5, 0.6) is 23.0 Å². The Bertz CT molecular complexity index is 1050. The van der Waals surface area contributed by atoms with Crippen molar-refractivity contribution in [1.29, 1.82) is 0 Å². The number of methoxy groups -OCH3 is 2. The van der Waals surface area contributed by atoms with E-state index in [1.165, 1.54) is 11.8 Å². The lowest BCUT2D eigenvalue weighted by Crippen LogP contribution is -2.32. The third-order valence-electron chi connectivity index (χ3n) is 4.80. The molecular weight excluding hydrogens is 432 g/mol. The van der Waals surface area contributed by atoms with Crippen molar-refractivity contribution in [3.8, 4) is 23.0 Å². The van der Waals surface area contributed by atoms with E-state index in [1.54, 1.807) is 31.3 Å². The molecule has 0 aromatic heterocycles. The first kappa shape index (κ1) is 22.0. The zero-order valence-corrected chi connectivity index (χ0v) is 18.9. The standard InChI is InChI=1S/C23H24N2O6S/c1-4-29-18-13-20-19(30-14-31-20)11-15(18)12-21-22(26)25(9-10-27-2)23(32-21)24-16-5-7-17(28-3)8-6-16/h5-8,11-13H,4,9-10,14H2,1-3H3. The molecular formula is C23H24N2O6S. The number of benzene rings is 2. The molecule has 0 N–H and O–H groups in total. The number of thioether (sulfide) groups is 1. The van der Waals surface area contributed by atoms with Gasteiger partial charge in [0.15, 0.2) is 16.7 Å². The Hall–Kier alpha value is -3.17. The van der Waals surface area contributed by atoms with E-state index in [-0.39, 0.29) is 12.7 Å². The third-order valence-corrected chi connectivity index (χ3v) is 5.80. The van der Waals surface area contributed by atoms with E-state index >= 15 is 0 Å². The number of nitrogens with zero attached hydrogens (tertiary/aromatic N) is 2. The Morgan fingerprint density at radius 2 is 1.91 bits per heavy atom. The molecule has 32 heavy (non-hydrogen) atoms. The molecule has 168 valence electrons. The highest BCUT2D eigenvalue weighted by molar-refractivity contribution is 8.18. The van der Waals surface area contributed by atoms with Crippen molar-refractivity contribution < 1.29 is 28.5 Å². The zero-order valence-electron chi connectivity index (χ0n) is 18.1. The lowest BCUT2D eigenvalue weighted by Gasteiger charge is -2.14. The summed E-state index contributed by atoms with van der Waals surface area (Å²) < 4.78 is 27.1. The molecule has 0 aliphatic carbocycles. The number of ether oxygens (including phenoxy) is 5. The van der Waals surface area contributed by atoms with Gasteiger partial charge in [0.2, 0.25) is 6.79 Å². The highest BCUT2D eigenvalue weighted by Gasteiger charge is 2.33. The summed E-state index contributed by atoms with van der Waals surface area (Å²) >= 11 is 1.31. The number of fused-ring (bicyclic) bond motifs is 1. The summed E-state index contributed by atoms with van der Waals surface area (Å²) in [4.78, 5) is 20.0. The fourth-order valence-electron chi connectivity index (χ4n) is 3.21. The molecule has 1 amide bonds. The first-order valence-electron chi connectivity index (χ1n) is 10.1. The average molecular weight is 457 g/mol. The number of carbonyl (C=O) groups excluding carboxylic acids is 1. The minimum absolute atomic E-state index is 0.139. The Balaban J connectivity index is 1.68. The summed E-state index contributed by atoms with van der Waals surface area (Å²) in [6.45, 7) is 3.35. The number of amides is 1. The molecule has 2 aliphatic rings. The van der Waals surface area contributed by atoms with Gasteiger partial charge in [-0.25, -0.2) is 4.99 Å². The Kier molecular flexibility index (Phi) is 6.87. The lowest BCUT2D eigenvalue weighted by molar-refractivity contribution is -0.122. The molecule has 1 saturated heterocycles. The van der Waals surface area contributed by atoms with Crippen LogP contribution in [0.4, 0.5) is 5.69 Å². The second-order valence-corrected chi connectivity index (χ2v) is 7.84. The molecule has 2 heterocycles. The van der Waals surface area contributed by atoms with E-state index < -0.39 is 0 Å². The van der Waals surface area contributed by atoms with Gasteiger partial charge in [-0.15, -0.1) is 0 Å². The van der Waals surface area contributed by atoms with E-state index in [0.717, 1.165) is 17.0 Å². The van der Waals surface area contributed by atoms with Crippen LogP contribution in [-0.4, -0.2) is 56.7 Å².